The Morgan fingerprint density at radius 3 is 2.56 bits per heavy atom. The quantitative estimate of drug-likeness (QED) is 0.626. The van der Waals surface area contributed by atoms with Crippen LogP contribution in [0.3, 0.4) is 0 Å². The van der Waals surface area contributed by atoms with Crippen LogP contribution in [0.1, 0.15) is 37.9 Å². The van der Waals surface area contributed by atoms with Gasteiger partial charge in [0.25, 0.3) is 0 Å². The van der Waals surface area contributed by atoms with Gasteiger partial charge in [0.15, 0.2) is 0 Å². The maximum absolute atomic E-state index is 13.2. The van der Waals surface area contributed by atoms with E-state index in [1.807, 2.05) is 37.9 Å². The predicted octanol–water partition coefficient (Wildman–Crippen LogP) is 3.93. The summed E-state index contributed by atoms with van der Waals surface area (Å²) in [6.45, 7) is 8.72. The Morgan fingerprint density at radius 2 is 1.96 bits per heavy atom. The molecule has 1 aromatic rings. The van der Waals surface area contributed by atoms with E-state index in [9.17, 15) is 13.2 Å². The van der Waals surface area contributed by atoms with Gasteiger partial charge in [-0.3, -0.25) is 0 Å². The van der Waals surface area contributed by atoms with Crippen molar-refractivity contribution in [3.05, 3.63) is 41.5 Å². The van der Waals surface area contributed by atoms with E-state index in [4.69, 9.17) is 0 Å². The predicted molar refractivity (Wildman–Crippen MR) is 101 cm³/mol. The summed E-state index contributed by atoms with van der Waals surface area (Å²) in [5.41, 5.74) is 1.22. The van der Waals surface area contributed by atoms with Crippen molar-refractivity contribution in [3.8, 4) is 0 Å². The third kappa shape index (κ3) is 4.16. The van der Waals surface area contributed by atoms with Crippen LogP contribution < -0.4 is 5.32 Å². The SMILES string of the molecule is C/C=C/C1c2ccc(C(F)(F)F)cc2N=C(N2CCNCC2)N1N=C(C)C. The molecule has 2 heterocycles. The molecule has 1 fully saturated rings. The molecule has 0 aliphatic carbocycles. The number of allylic oxidation sites excluding steroid dienone is 1. The van der Waals surface area contributed by atoms with E-state index in [1.165, 1.54) is 6.07 Å². The maximum atomic E-state index is 13.2. The van der Waals surface area contributed by atoms with E-state index in [2.05, 4.69) is 20.3 Å². The highest BCUT2D eigenvalue weighted by molar-refractivity contribution is 5.88. The lowest BCUT2D eigenvalue weighted by molar-refractivity contribution is -0.137. The fourth-order valence-electron chi connectivity index (χ4n) is 3.25. The second-order valence-corrected chi connectivity index (χ2v) is 6.78. The number of rotatable bonds is 2. The Morgan fingerprint density at radius 1 is 1.26 bits per heavy atom. The summed E-state index contributed by atoms with van der Waals surface area (Å²) in [7, 11) is 0. The van der Waals surface area contributed by atoms with Gasteiger partial charge in [-0.25, -0.2) is 10.0 Å². The fraction of sp³-hybridized carbons (Fsp3) is 0.474. The number of benzene rings is 1. The molecule has 0 spiro atoms. The minimum absolute atomic E-state index is 0.301. The highest BCUT2D eigenvalue weighted by Gasteiger charge is 2.36. The Labute approximate surface area is 157 Å². The molecule has 1 saturated heterocycles. The van der Waals surface area contributed by atoms with Gasteiger partial charge >= 0.3 is 6.18 Å². The maximum Gasteiger partial charge on any atom is 0.416 e. The zero-order valence-electron chi connectivity index (χ0n) is 15.7. The van der Waals surface area contributed by atoms with Gasteiger partial charge in [0.05, 0.1) is 11.3 Å². The lowest BCUT2D eigenvalue weighted by atomic mass is 9.99. The van der Waals surface area contributed by atoms with Crippen LogP contribution >= 0.6 is 0 Å². The summed E-state index contributed by atoms with van der Waals surface area (Å²) >= 11 is 0. The standard InChI is InChI=1S/C19H24F3N5/c1-4-5-17-15-7-6-14(19(20,21)22)12-16(15)24-18(27(17)25-13(2)3)26-10-8-23-9-11-26/h4-7,12,17,23H,8-11H2,1-3H3/b5-4+. The molecule has 8 heteroatoms. The smallest absolute Gasteiger partial charge is 0.338 e. The Bertz CT molecular complexity index is 772. The zero-order valence-corrected chi connectivity index (χ0v) is 15.7. The van der Waals surface area contributed by atoms with Gasteiger partial charge in [-0.1, -0.05) is 18.2 Å². The molecule has 0 amide bonds. The summed E-state index contributed by atoms with van der Waals surface area (Å²) in [5.74, 6) is 0.590. The van der Waals surface area contributed by atoms with Crippen molar-refractivity contribution in [2.24, 2.45) is 10.1 Å². The first-order valence-corrected chi connectivity index (χ1v) is 9.00. The van der Waals surface area contributed by atoms with Crippen LogP contribution in [0.4, 0.5) is 18.9 Å². The van der Waals surface area contributed by atoms with Crippen LogP contribution in [0.5, 0.6) is 0 Å². The molecule has 1 atom stereocenters. The lowest BCUT2D eigenvalue weighted by Crippen LogP contribution is -2.52. The number of guanidine groups is 1. The molecular weight excluding hydrogens is 355 g/mol. The Hall–Kier alpha value is -2.35. The van der Waals surface area contributed by atoms with E-state index in [1.54, 1.807) is 0 Å². The van der Waals surface area contributed by atoms with Gasteiger partial charge in [-0.15, -0.1) is 0 Å². The van der Waals surface area contributed by atoms with Crippen LogP contribution in [0.15, 0.2) is 40.4 Å². The number of nitrogens with one attached hydrogen (secondary N) is 1. The van der Waals surface area contributed by atoms with Crippen molar-refractivity contribution in [3.63, 3.8) is 0 Å². The molecule has 1 unspecified atom stereocenters. The van der Waals surface area contributed by atoms with Gasteiger partial charge < -0.3 is 10.2 Å². The Kier molecular flexibility index (Phi) is 5.55. The number of aliphatic imine (C=N–C) groups is 1. The number of hydrogen-bond acceptors (Lipinski definition) is 5. The normalized spacial score (nSPS) is 20.5. The van der Waals surface area contributed by atoms with Crippen molar-refractivity contribution in [1.29, 1.82) is 0 Å². The van der Waals surface area contributed by atoms with E-state index in [-0.39, 0.29) is 6.04 Å². The third-order valence-electron chi connectivity index (χ3n) is 4.45. The molecule has 0 bridgehead atoms. The Balaban J connectivity index is 2.15. The van der Waals surface area contributed by atoms with Gasteiger partial charge in [0, 0.05) is 37.5 Å². The molecule has 1 aromatic carbocycles. The number of alkyl halides is 3. The van der Waals surface area contributed by atoms with E-state index >= 15 is 0 Å². The molecule has 146 valence electrons. The number of hydrazone groups is 1. The largest absolute Gasteiger partial charge is 0.416 e. The van der Waals surface area contributed by atoms with Crippen LogP contribution in [0.25, 0.3) is 0 Å². The van der Waals surface area contributed by atoms with Crippen molar-refractivity contribution in [1.82, 2.24) is 15.2 Å². The number of halogens is 3. The molecule has 1 N–H and O–H groups in total. The first-order valence-electron chi connectivity index (χ1n) is 9.00. The summed E-state index contributed by atoms with van der Waals surface area (Å²) in [4.78, 5) is 6.68. The van der Waals surface area contributed by atoms with Gasteiger partial charge in [-0.05, 0) is 32.9 Å². The van der Waals surface area contributed by atoms with Crippen LogP contribution in [0.2, 0.25) is 0 Å². The fourth-order valence-corrected chi connectivity index (χ4v) is 3.25. The molecule has 3 rings (SSSR count). The van der Waals surface area contributed by atoms with Crippen molar-refractivity contribution in [2.45, 2.75) is 33.0 Å². The molecule has 27 heavy (non-hydrogen) atoms. The average Bonchev–Trinajstić information content (AvgIpc) is 2.62. The first-order chi connectivity index (χ1) is 12.8. The van der Waals surface area contributed by atoms with Gasteiger partial charge in [-0.2, -0.15) is 18.3 Å². The first kappa shape index (κ1) is 19.4. The molecule has 0 radical (unpaired) electrons. The van der Waals surface area contributed by atoms with Crippen LogP contribution in [-0.4, -0.2) is 47.8 Å². The number of nitrogens with zero attached hydrogens (tertiary/aromatic N) is 4. The highest BCUT2D eigenvalue weighted by Crippen LogP contribution is 2.40. The summed E-state index contributed by atoms with van der Waals surface area (Å²) in [5, 5.41) is 9.74. The van der Waals surface area contributed by atoms with Crippen LogP contribution in [-0.2, 0) is 6.18 Å². The second-order valence-electron chi connectivity index (χ2n) is 6.78. The van der Waals surface area contributed by atoms with E-state index < -0.39 is 11.7 Å². The second kappa shape index (κ2) is 7.72. The van der Waals surface area contributed by atoms with Crippen molar-refractivity contribution >= 4 is 17.4 Å². The van der Waals surface area contributed by atoms with E-state index in [0.717, 1.165) is 44.0 Å². The summed E-state index contributed by atoms with van der Waals surface area (Å²) in [6, 6.07) is 3.45. The van der Waals surface area contributed by atoms with Gasteiger partial charge in [0.1, 0.15) is 6.04 Å². The minimum Gasteiger partial charge on any atom is -0.338 e. The number of piperazine rings is 1. The lowest BCUT2D eigenvalue weighted by Gasteiger charge is -2.40. The molecule has 5 nitrogen and oxygen atoms in total. The zero-order chi connectivity index (χ0) is 19.6. The average molecular weight is 379 g/mol. The molecule has 2 aliphatic heterocycles. The molecule has 2 aliphatic rings. The minimum atomic E-state index is -4.40. The summed E-state index contributed by atoms with van der Waals surface area (Å²) in [6.07, 6.45) is -0.569. The van der Waals surface area contributed by atoms with Crippen molar-refractivity contribution in [2.75, 3.05) is 26.2 Å². The monoisotopic (exact) mass is 379 g/mol. The number of fused-ring (bicyclic) bond motifs is 1. The molecule has 0 saturated carbocycles. The van der Waals surface area contributed by atoms with Gasteiger partial charge in [0.2, 0.25) is 5.96 Å². The number of hydrogen-bond donors (Lipinski definition) is 1. The topological polar surface area (TPSA) is 43.2 Å². The van der Waals surface area contributed by atoms with Crippen LogP contribution in [0, 0.1) is 0 Å². The van der Waals surface area contributed by atoms with E-state index in [0.29, 0.717) is 17.2 Å². The van der Waals surface area contributed by atoms with Crippen molar-refractivity contribution < 1.29 is 13.2 Å². The highest BCUT2D eigenvalue weighted by atomic mass is 19.4. The summed E-state index contributed by atoms with van der Waals surface area (Å²) < 4.78 is 39.6. The molecule has 0 aromatic heterocycles. The third-order valence-corrected chi connectivity index (χ3v) is 4.45. The molecular formula is C19H24F3N5.